The summed E-state index contributed by atoms with van der Waals surface area (Å²) in [5, 5.41) is 0. The van der Waals surface area contributed by atoms with Gasteiger partial charge in [-0.25, -0.2) is 0 Å². The van der Waals surface area contributed by atoms with Crippen LogP contribution >= 0.6 is 11.6 Å². The molecular weight excluding hydrogens is 190 g/mol. The van der Waals surface area contributed by atoms with Crippen LogP contribution in [0.5, 0.6) is 0 Å². The molecule has 0 saturated carbocycles. The summed E-state index contributed by atoms with van der Waals surface area (Å²) in [6, 6.07) is 0.256. The van der Waals surface area contributed by atoms with Gasteiger partial charge in [0.05, 0.1) is 12.6 Å². The van der Waals surface area contributed by atoms with Gasteiger partial charge in [-0.2, -0.15) is 0 Å². The molecule has 0 unspecified atom stereocenters. The molecule has 1 rings (SSSR count). The van der Waals surface area contributed by atoms with E-state index in [9.17, 15) is 4.79 Å². The number of carbonyl (C=O) groups excluding carboxylic acids is 1. The van der Waals surface area contributed by atoms with Gasteiger partial charge >= 0.3 is 0 Å². The van der Waals surface area contributed by atoms with Crippen molar-refractivity contribution in [1.29, 1.82) is 0 Å². The third-order valence-corrected chi connectivity index (χ3v) is 2.55. The Morgan fingerprint density at radius 1 is 1.69 bits per heavy atom. The van der Waals surface area contributed by atoms with Crippen molar-refractivity contribution < 1.29 is 9.53 Å². The molecule has 1 heterocycles. The predicted octanol–water partition coefficient (Wildman–Crippen LogP) is 1.25. The summed E-state index contributed by atoms with van der Waals surface area (Å²) in [4.78, 5) is 13.2. The van der Waals surface area contributed by atoms with Crippen LogP contribution in [-0.2, 0) is 9.53 Å². The van der Waals surface area contributed by atoms with E-state index in [1.165, 1.54) is 0 Å². The summed E-state index contributed by atoms with van der Waals surface area (Å²) < 4.78 is 5.31. The van der Waals surface area contributed by atoms with Crippen molar-refractivity contribution in [3.05, 3.63) is 0 Å². The Labute approximate surface area is 84.0 Å². The van der Waals surface area contributed by atoms with Gasteiger partial charge in [0.25, 0.3) is 0 Å². The van der Waals surface area contributed by atoms with Gasteiger partial charge in [-0.15, -0.1) is 11.6 Å². The first-order chi connectivity index (χ1) is 6.29. The highest BCUT2D eigenvalue weighted by molar-refractivity contribution is 6.27. The van der Waals surface area contributed by atoms with Crippen molar-refractivity contribution in [2.45, 2.75) is 25.8 Å². The Morgan fingerprint density at radius 3 is 3.08 bits per heavy atom. The van der Waals surface area contributed by atoms with Gasteiger partial charge in [-0.1, -0.05) is 0 Å². The van der Waals surface area contributed by atoms with Crippen LogP contribution in [0.25, 0.3) is 0 Å². The highest BCUT2D eigenvalue weighted by Gasteiger charge is 2.27. The average molecular weight is 206 g/mol. The number of ether oxygens (including phenoxy) is 1. The summed E-state index contributed by atoms with van der Waals surface area (Å²) in [6.07, 6.45) is 2.11. The van der Waals surface area contributed by atoms with E-state index in [1.807, 2.05) is 11.8 Å². The van der Waals surface area contributed by atoms with E-state index in [1.54, 1.807) is 0 Å². The number of hydrogen-bond donors (Lipinski definition) is 0. The lowest BCUT2D eigenvalue weighted by Crippen LogP contribution is -2.39. The maximum atomic E-state index is 11.3. The van der Waals surface area contributed by atoms with Crippen LogP contribution in [0.1, 0.15) is 19.8 Å². The maximum Gasteiger partial charge on any atom is 0.237 e. The summed E-state index contributed by atoms with van der Waals surface area (Å²) >= 11 is 5.50. The quantitative estimate of drug-likeness (QED) is 0.647. The number of carbonyl (C=O) groups is 1. The zero-order chi connectivity index (χ0) is 9.68. The predicted molar refractivity (Wildman–Crippen MR) is 51.9 cm³/mol. The Hall–Kier alpha value is -0.280. The second-order valence-electron chi connectivity index (χ2n) is 3.18. The summed E-state index contributed by atoms with van der Waals surface area (Å²) in [6.45, 7) is 4.16. The fraction of sp³-hybridized carbons (Fsp3) is 0.889. The minimum Gasteiger partial charge on any atom is -0.380 e. The zero-order valence-electron chi connectivity index (χ0n) is 7.96. The van der Waals surface area contributed by atoms with Crippen LogP contribution in [0.4, 0.5) is 0 Å². The molecule has 0 aromatic carbocycles. The first kappa shape index (κ1) is 10.8. The molecule has 1 aliphatic rings. The van der Waals surface area contributed by atoms with E-state index in [0.29, 0.717) is 13.2 Å². The number of rotatable bonds is 4. The molecule has 0 aromatic rings. The fourth-order valence-electron chi connectivity index (χ4n) is 1.67. The molecule has 0 aliphatic carbocycles. The average Bonchev–Trinajstić information content (AvgIpc) is 2.61. The number of nitrogens with zero attached hydrogens (tertiary/aromatic N) is 1. The van der Waals surface area contributed by atoms with E-state index in [4.69, 9.17) is 16.3 Å². The standard InChI is InChI=1S/C9H16ClNO2/c1-2-13-7-8-4-3-5-11(8)9(12)6-10/h8H,2-7H2,1H3/t8-/m1/s1. The number of likely N-dealkylation sites (tertiary alicyclic amines) is 1. The van der Waals surface area contributed by atoms with Gasteiger partial charge in [0.2, 0.25) is 5.91 Å². The minimum absolute atomic E-state index is 0.0314. The first-order valence-corrected chi connectivity index (χ1v) is 5.26. The van der Waals surface area contributed by atoms with Crippen LogP contribution in [0, 0.1) is 0 Å². The monoisotopic (exact) mass is 205 g/mol. The molecule has 13 heavy (non-hydrogen) atoms. The van der Waals surface area contributed by atoms with Crippen molar-refractivity contribution in [3.8, 4) is 0 Å². The smallest absolute Gasteiger partial charge is 0.237 e. The van der Waals surface area contributed by atoms with Gasteiger partial charge in [0, 0.05) is 13.2 Å². The Kier molecular flexibility index (Phi) is 4.53. The molecule has 3 nitrogen and oxygen atoms in total. The number of hydrogen-bond acceptors (Lipinski definition) is 2. The van der Waals surface area contributed by atoms with E-state index in [0.717, 1.165) is 19.4 Å². The first-order valence-electron chi connectivity index (χ1n) is 4.72. The summed E-state index contributed by atoms with van der Waals surface area (Å²) in [5.41, 5.74) is 0. The third kappa shape index (κ3) is 2.85. The molecule has 1 saturated heterocycles. The van der Waals surface area contributed by atoms with E-state index in [2.05, 4.69) is 0 Å². The largest absolute Gasteiger partial charge is 0.380 e. The molecule has 0 aromatic heterocycles. The van der Waals surface area contributed by atoms with Crippen molar-refractivity contribution in [2.75, 3.05) is 25.6 Å². The fourth-order valence-corrected chi connectivity index (χ4v) is 1.82. The van der Waals surface area contributed by atoms with Gasteiger partial charge in [0.1, 0.15) is 5.88 Å². The third-order valence-electron chi connectivity index (χ3n) is 2.33. The van der Waals surface area contributed by atoms with Crippen molar-refractivity contribution in [1.82, 2.24) is 4.90 Å². The van der Waals surface area contributed by atoms with E-state index >= 15 is 0 Å². The van der Waals surface area contributed by atoms with Crippen molar-refractivity contribution in [3.63, 3.8) is 0 Å². The van der Waals surface area contributed by atoms with Crippen LogP contribution < -0.4 is 0 Å². The summed E-state index contributed by atoms with van der Waals surface area (Å²) in [5.74, 6) is 0.117. The molecule has 76 valence electrons. The van der Waals surface area contributed by atoms with Gasteiger partial charge in [-0.3, -0.25) is 4.79 Å². The maximum absolute atomic E-state index is 11.3. The molecule has 1 fully saturated rings. The van der Waals surface area contributed by atoms with Gasteiger partial charge < -0.3 is 9.64 Å². The second kappa shape index (κ2) is 5.45. The Bertz CT molecular complexity index is 175. The summed E-state index contributed by atoms with van der Waals surface area (Å²) in [7, 11) is 0. The molecule has 4 heteroatoms. The lowest BCUT2D eigenvalue weighted by Gasteiger charge is -2.23. The minimum atomic E-state index is 0.0314. The molecule has 0 radical (unpaired) electrons. The molecule has 0 bridgehead atoms. The molecule has 0 spiro atoms. The Morgan fingerprint density at radius 2 is 2.46 bits per heavy atom. The molecule has 1 atom stereocenters. The molecule has 1 amide bonds. The lowest BCUT2D eigenvalue weighted by molar-refractivity contribution is -0.130. The van der Waals surface area contributed by atoms with Crippen molar-refractivity contribution >= 4 is 17.5 Å². The van der Waals surface area contributed by atoms with Crippen LogP contribution in [0.15, 0.2) is 0 Å². The number of alkyl halides is 1. The van der Waals surface area contributed by atoms with Gasteiger partial charge in [0.15, 0.2) is 0 Å². The Balaban J connectivity index is 2.39. The zero-order valence-corrected chi connectivity index (χ0v) is 8.72. The highest BCUT2D eigenvalue weighted by Crippen LogP contribution is 2.17. The topological polar surface area (TPSA) is 29.5 Å². The molecular formula is C9H16ClNO2. The van der Waals surface area contributed by atoms with E-state index in [-0.39, 0.29) is 17.8 Å². The number of halogens is 1. The number of amides is 1. The van der Waals surface area contributed by atoms with Crippen molar-refractivity contribution in [2.24, 2.45) is 0 Å². The molecule has 1 aliphatic heterocycles. The van der Waals surface area contributed by atoms with Gasteiger partial charge in [-0.05, 0) is 19.8 Å². The normalized spacial score (nSPS) is 22.3. The van der Waals surface area contributed by atoms with E-state index < -0.39 is 0 Å². The van der Waals surface area contributed by atoms with Crippen LogP contribution in [-0.4, -0.2) is 42.5 Å². The SMILES string of the molecule is CCOC[C@H]1CCCN1C(=O)CCl. The van der Waals surface area contributed by atoms with Crippen LogP contribution in [0.3, 0.4) is 0 Å². The molecule has 0 N–H and O–H groups in total. The van der Waals surface area contributed by atoms with Crippen LogP contribution in [0.2, 0.25) is 0 Å². The second-order valence-corrected chi connectivity index (χ2v) is 3.44. The lowest BCUT2D eigenvalue weighted by atomic mass is 10.2. The highest BCUT2D eigenvalue weighted by atomic mass is 35.5.